The van der Waals surface area contributed by atoms with Crippen molar-refractivity contribution < 1.29 is 39.2 Å². The maximum absolute atomic E-state index is 10.8. The van der Waals surface area contributed by atoms with Crippen LogP contribution in [0.25, 0.3) is 0 Å². The molecule has 0 bridgehead atoms. The number of allylic oxidation sites excluding steroid dienone is 1. The summed E-state index contributed by atoms with van der Waals surface area (Å²) in [6.45, 7) is 11.0. The van der Waals surface area contributed by atoms with Crippen LogP contribution in [0.5, 0.6) is 0 Å². The third kappa shape index (κ3) is 21.4. The molecule has 0 saturated heterocycles. The Kier molecular flexibility index (Phi) is 17.3. The van der Waals surface area contributed by atoms with E-state index in [1.165, 1.54) is 20.1 Å². The lowest BCUT2D eigenvalue weighted by molar-refractivity contribution is -0.139. The fraction of sp³-hybridized carbons (Fsp3) is 0.250. The van der Waals surface area contributed by atoms with Crippen molar-refractivity contribution in [2.45, 2.75) is 19.8 Å². The zero-order valence-electron chi connectivity index (χ0n) is 14.3. The van der Waals surface area contributed by atoms with Gasteiger partial charge < -0.3 is 20.1 Å². The summed E-state index contributed by atoms with van der Waals surface area (Å²) in [6, 6.07) is 0. The van der Waals surface area contributed by atoms with Crippen molar-refractivity contribution in [2.24, 2.45) is 0 Å². The highest BCUT2D eigenvalue weighted by molar-refractivity contribution is 6.55. The molecule has 8 nitrogen and oxygen atoms in total. The summed E-state index contributed by atoms with van der Waals surface area (Å²) < 4.78 is 4.50. The Morgan fingerprint density at radius 2 is 1.38 bits per heavy atom. The Balaban J connectivity index is -0.000000352. The Bertz CT molecular complexity index is 601. The molecule has 0 rings (SSSR count). The van der Waals surface area contributed by atoms with E-state index in [1.807, 2.05) is 0 Å². The number of ether oxygens (including phenoxy) is 1. The molecule has 0 aromatic heterocycles. The molecule has 0 amide bonds. The van der Waals surface area contributed by atoms with Gasteiger partial charge in [0.15, 0.2) is 0 Å². The third-order valence-corrected chi connectivity index (χ3v) is 2.13. The van der Waals surface area contributed by atoms with Gasteiger partial charge in [-0.05, 0) is 13.3 Å². The van der Waals surface area contributed by atoms with E-state index in [2.05, 4.69) is 24.5 Å². The number of methoxy groups -OCH3 is 1. The van der Waals surface area contributed by atoms with Gasteiger partial charge in [-0.25, -0.2) is 14.4 Å². The number of aliphatic carboxylic acids is 3. The molecule has 0 aromatic carbocycles. The highest BCUT2D eigenvalue weighted by Crippen LogP contribution is 2.04. The fourth-order valence-corrected chi connectivity index (χ4v) is 0.849. The van der Waals surface area contributed by atoms with Gasteiger partial charge in [-0.3, -0.25) is 4.79 Å². The van der Waals surface area contributed by atoms with E-state index in [1.54, 1.807) is 0 Å². The van der Waals surface area contributed by atoms with E-state index in [0.29, 0.717) is 0 Å². The van der Waals surface area contributed by atoms with Crippen molar-refractivity contribution in [2.75, 3.05) is 7.11 Å². The molecule has 146 valence electrons. The van der Waals surface area contributed by atoms with Crippen LogP contribution in [0.3, 0.4) is 0 Å². The van der Waals surface area contributed by atoms with E-state index >= 15 is 0 Å². The number of carboxylic acid groups (broad SMARTS) is 3. The predicted molar refractivity (Wildman–Crippen MR) is 97.0 cm³/mol. The van der Waals surface area contributed by atoms with E-state index in [-0.39, 0.29) is 27.6 Å². The van der Waals surface area contributed by atoms with Crippen LogP contribution in [0.15, 0.2) is 47.0 Å². The van der Waals surface area contributed by atoms with Gasteiger partial charge in [-0.1, -0.05) is 49.0 Å². The van der Waals surface area contributed by atoms with Crippen molar-refractivity contribution in [1.82, 2.24) is 0 Å². The first-order chi connectivity index (χ1) is 11.8. The molecule has 0 aliphatic heterocycles. The van der Waals surface area contributed by atoms with Gasteiger partial charge in [-0.2, -0.15) is 0 Å². The molecule has 0 saturated carbocycles. The summed E-state index contributed by atoms with van der Waals surface area (Å²) in [5.74, 6) is -3.97. The average Bonchev–Trinajstić information content (AvgIpc) is 2.50. The number of hydrogen-bond acceptors (Lipinski definition) is 5. The number of carbonyl (C=O) groups excluding carboxylic acids is 1. The van der Waals surface area contributed by atoms with Gasteiger partial charge >= 0.3 is 23.9 Å². The van der Waals surface area contributed by atoms with Gasteiger partial charge in [0, 0.05) is 16.7 Å². The minimum absolute atomic E-state index is 0.111. The molecule has 26 heavy (non-hydrogen) atoms. The molecule has 0 unspecified atom stereocenters. The first-order valence-electron chi connectivity index (χ1n) is 6.55. The van der Waals surface area contributed by atoms with Crippen LogP contribution >= 0.6 is 23.2 Å². The number of carbonyl (C=O) groups is 4. The lowest BCUT2D eigenvalue weighted by Gasteiger charge is -1.99. The summed E-state index contributed by atoms with van der Waals surface area (Å²) in [4.78, 5) is 40.8. The van der Waals surface area contributed by atoms with Crippen molar-refractivity contribution in [1.29, 1.82) is 0 Å². The summed E-state index contributed by atoms with van der Waals surface area (Å²) in [6.07, 6.45) is 1.11. The second-order valence-electron chi connectivity index (χ2n) is 4.31. The van der Waals surface area contributed by atoms with Crippen LogP contribution in [0.2, 0.25) is 0 Å². The topological polar surface area (TPSA) is 138 Å². The largest absolute Gasteiger partial charge is 0.481 e. The van der Waals surface area contributed by atoms with Crippen LogP contribution in [0.1, 0.15) is 19.8 Å². The van der Waals surface area contributed by atoms with Crippen LogP contribution in [0.4, 0.5) is 0 Å². The lowest BCUT2D eigenvalue weighted by atomic mass is 10.1. The molecule has 0 radical (unpaired) electrons. The number of hydrogen-bond donors (Lipinski definition) is 3. The number of carboxylic acids is 3. The lowest BCUT2D eigenvalue weighted by Crippen LogP contribution is -2.04. The monoisotopic (exact) mass is 410 g/mol. The predicted octanol–water partition coefficient (Wildman–Crippen LogP) is 3.17. The van der Waals surface area contributed by atoms with E-state index in [4.69, 9.17) is 38.5 Å². The molecule has 0 fully saturated rings. The van der Waals surface area contributed by atoms with Crippen LogP contribution in [-0.4, -0.2) is 46.3 Å². The summed E-state index contributed by atoms with van der Waals surface area (Å²) in [7, 11) is 1.25. The standard InChI is InChI=1S/C9H12O4.C5H6O4.C2H2Cl2/c1-6(8(10)11)4-5-7(2)9(12)13-3;1-3(5(8)9)2-4(6)7;1-2(3)4/h4H,2,5H2,1,3H3,(H,10,11);1-2H2,(H,6,7)(H,8,9);1H2. The van der Waals surface area contributed by atoms with Crippen LogP contribution < -0.4 is 0 Å². The second-order valence-corrected chi connectivity index (χ2v) is 5.42. The van der Waals surface area contributed by atoms with Crippen LogP contribution in [0, 0.1) is 0 Å². The summed E-state index contributed by atoms with van der Waals surface area (Å²) >= 11 is 9.69. The smallest absolute Gasteiger partial charge is 0.333 e. The van der Waals surface area contributed by atoms with E-state index in [0.717, 1.165) is 0 Å². The van der Waals surface area contributed by atoms with E-state index in [9.17, 15) is 19.2 Å². The maximum Gasteiger partial charge on any atom is 0.333 e. The Morgan fingerprint density at radius 3 is 1.62 bits per heavy atom. The van der Waals surface area contributed by atoms with Gasteiger partial charge in [0.05, 0.1) is 18.0 Å². The molecule has 0 spiro atoms. The van der Waals surface area contributed by atoms with Gasteiger partial charge in [0.2, 0.25) is 0 Å². The zero-order chi connectivity index (χ0) is 21.4. The SMILES string of the molecule is C=C(CC(=O)O)C(=O)O.C=C(CC=C(C)C(=O)O)C(=O)OC.C=C(Cl)Cl. The van der Waals surface area contributed by atoms with Crippen molar-refractivity contribution >= 4 is 47.1 Å². The second kappa shape index (κ2) is 15.9. The molecule has 0 aromatic rings. The zero-order valence-corrected chi connectivity index (χ0v) is 15.8. The molecular weight excluding hydrogens is 391 g/mol. The number of halogens is 2. The molecule has 0 aliphatic carbocycles. The third-order valence-electron chi connectivity index (χ3n) is 2.13. The first kappa shape index (κ1) is 28.2. The quantitative estimate of drug-likeness (QED) is 0.429. The minimum atomic E-state index is -1.27. The number of esters is 1. The fourth-order valence-electron chi connectivity index (χ4n) is 0.849. The average molecular weight is 411 g/mol. The summed E-state index contributed by atoms with van der Waals surface area (Å²) in [5, 5.41) is 24.6. The minimum Gasteiger partial charge on any atom is -0.481 e. The molecule has 0 aliphatic rings. The Morgan fingerprint density at radius 1 is 0.962 bits per heavy atom. The Hall–Kier alpha value is -2.58. The molecule has 3 N–H and O–H groups in total. The maximum atomic E-state index is 10.8. The highest BCUT2D eigenvalue weighted by atomic mass is 35.5. The number of rotatable bonds is 7. The van der Waals surface area contributed by atoms with Gasteiger partial charge in [0.1, 0.15) is 0 Å². The van der Waals surface area contributed by atoms with Crippen molar-refractivity contribution in [3.8, 4) is 0 Å². The first-order valence-corrected chi connectivity index (χ1v) is 7.30. The molecule has 0 atom stereocenters. The summed E-state index contributed by atoms with van der Waals surface area (Å²) in [5.41, 5.74) is 0.121. The van der Waals surface area contributed by atoms with Crippen molar-refractivity contribution in [3.05, 3.63) is 47.0 Å². The van der Waals surface area contributed by atoms with Crippen molar-refractivity contribution in [3.63, 3.8) is 0 Å². The molecule has 10 heteroatoms. The van der Waals surface area contributed by atoms with Gasteiger partial charge in [-0.15, -0.1) is 0 Å². The van der Waals surface area contributed by atoms with Gasteiger partial charge in [0.25, 0.3) is 0 Å². The van der Waals surface area contributed by atoms with Crippen LogP contribution in [-0.2, 0) is 23.9 Å². The normalized spacial score (nSPS) is 9.31. The Labute approximate surface area is 160 Å². The highest BCUT2D eigenvalue weighted by Gasteiger charge is 2.07. The molecular formula is C16H20Cl2O8. The molecule has 0 heterocycles. The van der Waals surface area contributed by atoms with E-state index < -0.39 is 30.3 Å².